The maximum absolute atomic E-state index is 6.07. The van der Waals surface area contributed by atoms with E-state index in [0.717, 1.165) is 33.0 Å². The molecule has 0 unspecified atom stereocenters. The third kappa shape index (κ3) is 5.40. The van der Waals surface area contributed by atoms with Gasteiger partial charge in [0, 0.05) is 10.6 Å². The number of thiazole rings is 1. The molecule has 0 saturated carbocycles. The minimum Gasteiger partial charge on any atom is -0.490 e. The predicted octanol–water partition coefficient (Wildman–Crippen LogP) is 7.14. The number of nitrogens with zero attached hydrogens (tertiary/aromatic N) is 2. The Morgan fingerprint density at radius 2 is 1.71 bits per heavy atom. The third-order valence-corrected chi connectivity index (χ3v) is 5.66. The van der Waals surface area contributed by atoms with Gasteiger partial charge in [0.1, 0.15) is 12.4 Å². The molecule has 0 fully saturated rings. The lowest BCUT2D eigenvalue weighted by atomic mass is 10.1. The summed E-state index contributed by atoms with van der Waals surface area (Å²) in [5.41, 5.74) is 7.04. The molecular weight excluding hydrogens is 426 g/mol. The van der Waals surface area contributed by atoms with Gasteiger partial charge in [-0.1, -0.05) is 78.1 Å². The van der Waals surface area contributed by atoms with Gasteiger partial charge in [-0.2, -0.15) is 5.10 Å². The quantitative estimate of drug-likeness (QED) is 0.178. The van der Waals surface area contributed by atoms with Gasteiger partial charge in [0.25, 0.3) is 0 Å². The first-order chi connectivity index (χ1) is 15.2. The summed E-state index contributed by atoms with van der Waals surface area (Å²) in [6.07, 6.45) is 3.47. The lowest BCUT2D eigenvalue weighted by Crippen LogP contribution is -1.93. The summed E-state index contributed by atoms with van der Waals surface area (Å²) in [5.74, 6) is 0.796. The highest BCUT2D eigenvalue weighted by Crippen LogP contribution is 2.39. The maximum Gasteiger partial charge on any atom is 0.204 e. The fourth-order valence-electron chi connectivity index (χ4n) is 2.92. The summed E-state index contributed by atoms with van der Waals surface area (Å²) in [4.78, 5) is 5.85. The first-order valence-electron chi connectivity index (χ1n) is 9.68. The highest BCUT2D eigenvalue weighted by atomic mass is 35.5. The average Bonchev–Trinajstić information content (AvgIpc) is 3.24. The van der Waals surface area contributed by atoms with Crippen LogP contribution in [-0.2, 0) is 0 Å². The van der Waals surface area contributed by atoms with Crippen LogP contribution in [0.25, 0.3) is 21.7 Å². The molecule has 4 nitrogen and oxygen atoms in total. The monoisotopic (exact) mass is 445 g/mol. The SMILES string of the molecule is C=CCOc1ccc(/C=N\Nc2nc(-c3ccccc3)c(-c3ccc(Cl)cc3)s2)cc1. The van der Waals surface area contributed by atoms with E-state index in [2.05, 4.69) is 29.2 Å². The molecule has 0 radical (unpaired) electrons. The van der Waals surface area contributed by atoms with Crippen LogP contribution in [0.1, 0.15) is 5.56 Å². The molecule has 4 rings (SSSR count). The zero-order valence-electron chi connectivity index (χ0n) is 16.7. The second-order valence-electron chi connectivity index (χ2n) is 6.61. The van der Waals surface area contributed by atoms with Crippen LogP contribution >= 0.6 is 22.9 Å². The standard InChI is InChI=1S/C25H20ClN3OS/c1-2-16-30-22-14-8-18(9-15-22)17-27-29-25-28-23(19-6-4-3-5-7-19)24(31-25)20-10-12-21(26)13-11-20/h2-15,17H,1,16H2,(H,28,29)/b27-17-. The Morgan fingerprint density at radius 3 is 2.42 bits per heavy atom. The van der Waals surface area contributed by atoms with Crippen molar-refractivity contribution in [1.29, 1.82) is 0 Å². The van der Waals surface area contributed by atoms with E-state index in [1.807, 2.05) is 66.7 Å². The number of halogens is 1. The van der Waals surface area contributed by atoms with E-state index < -0.39 is 0 Å². The van der Waals surface area contributed by atoms with E-state index in [1.54, 1.807) is 23.6 Å². The van der Waals surface area contributed by atoms with Gasteiger partial charge in [-0.05, 0) is 47.5 Å². The molecule has 0 amide bonds. The van der Waals surface area contributed by atoms with E-state index >= 15 is 0 Å². The van der Waals surface area contributed by atoms with Crippen molar-refractivity contribution < 1.29 is 4.74 Å². The van der Waals surface area contributed by atoms with Crippen molar-refractivity contribution in [1.82, 2.24) is 4.98 Å². The van der Waals surface area contributed by atoms with Gasteiger partial charge in [-0.3, -0.25) is 5.43 Å². The van der Waals surface area contributed by atoms with Crippen molar-refractivity contribution in [2.24, 2.45) is 5.10 Å². The number of hydrazone groups is 1. The number of hydrogen-bond acceptors (Lipinski definition) is 5. The Morgan fingerprint density at radius 1 is 0.968 bits per heavy atom. The topological polar surface area (TPSA) is 46.5 Å². The van der Waals surface area contributed by atoms with Crippen molar-refractivity contribution in [2.45, 2.75) is 0 Å². The molecule has 0 spiro atoms. The number of rotatable bonds is 8. The van der Waals surface area contributed by atoms with Crippen LogP contribution in [0.4, 0.5) is 5.13 Å². The molecule has 0 aliphatic rings. The Bertz CT molecular complexity index is 1170. The molecule has 0 bridgehead atoms. The van der Waals surface area contributed by atoms with E-state index in [-0.39, 0.29) is 0 Å². The number of nitrogens with one attached hydrogen (secondary N) is 1. The van der Waals surface area contributed by atoms with Gasteiger partial charge in [0.05, 0.1) is 16.8 Å². The van der Waals surface area contributed by atoms with Crippen LogP contribution in [0.5, 0.6) is 5.75 Å². The molecule has 4 aromatic rings. The summed E-state index contributed by atoms with van der Waals surface area (Å²) in [7, 11) is 0. The zero-order chi connectivity index (χ0) is 21.5. The second kappa shape index (κ2) is 10.1. The summed E-state index contributed by atoms with van der Waals surface area (Å²) in [6.45, 7) is 4.13. The van der Waals surface area contributed by atoms with Gasteiger partial charge < -0.3 is 4.74 Å². The minimum absolute atomic E-state index is 0.485. The summed E-state index contributed by atoms with van der Waals surface area (Å²) in [5, 5.41) is 5.78. The number of benzene rings is 3. The van der Waals surface area contributed by atoms with Gasteiger partial charge >= 0.3 is 0 Å². The van der Waals surface area contributed by atoms with Crippen molar-refractivity contribution >= 4 is 34.3 Å². The van der Waals surface area contributed by atoms with Crippen LogP contribution in [0.2, 0.25) is 5.02 Å². The van der Waals surface area contributed by atoms with Crippen molar-refractivity contribution in [3.8, 4) is 27.4 Å². The van der Waals surface area contributed by atoms with Gasteiger partial charge in [-0.25, -0.2) is 4.98 Å². The maximum atomic E-state index is 6.07. The largest absolute Gasteiger partial charge is 0.490 e. The fourth-order valence-corrected chi connectivity index (χ4v) is 3.99. The van der Waals surface area contributed by atoms with E-state index in [1.165, 1.54) is 0 Å². The predicted molar refractivity (Wildman–Crippen MR) is 131 cm³/mol. The Labute approximate surface area is 190 Å². The smallest absolute Gasteiger partial charge is 0.204 e. The van der Waals surface area contributed by atoms with Crippen molar-refractivity contribution in [3.05, 3.63) is 102 Å². The lowest BCUT2D eigenvalue weighted by Gasteiger charge is -2.02. The Hall–Kier alpha value is -3.41. The average molecular weight is 446 g/mol. The summed E-state index contributed by atoms with van der Waals surface area (Å²) in [6, 6.07) is 25.6. The first-order valence-corrected chi connectivity index (χ1v) is 10.9. The zero-order valence-corrected chi connectivity index (χ0v) is 18.2. The van der Waals surface area contributed by atoms with Crippen LogP contribution in [0, 0.1) is 0 Å². The lowest BCUT2D eigenvalue weighted by molar-refractivity contribution is 0.363. The number of ether oxygens (including phenoxy) is 1. The fraction of sp³-hybridized carbons (Fsp3) is 0.0400. The molecular formula is C25H20ClN3OS. The van der Waals surface area contributed by atoms with Gasteiger partial charge in [0.15, 0.2) is 0 Å². The highest BCUT2D eigenvalue weighted by molar-refractivity contribution is 7.19. The molecule has 1 aromatic heterocycles. The molecule has 6 heteroatoms. The highest BCUT2D eigenvalue weighted by Gasteiger charge is 2.14. The summed E-state index contributed by atoms with van der Waals surface area (Å²) < 4.78 is 5.50. The molecule has 3 aromatic carbocycles. The Balaban J connectivity index is 1.55. The molecule has 0 saturated heterocycles. The third-order valence-electron chi connectivity index (χ3n) is 4.40. The first kappa shape index (κ1) is 20.8. The minimum atomic E-state index is 0.485. The van der Waals surface area contributed by atoms with Gasteiger partial charge in [0.2, 0.25) is 5.13 Å². The molecule has 0 atom stereocenters. The van der Waals surface area contributed by atoms with E-state index in [9.17, 15) is 0 Å². The molecule has 0 aliphatic carbocycles. The normalized spacial score (nSPS) is 10.9. The van der Waals surface area contributed by atoms with Crippen molar-refractivity contribution in [3.63, 3.8) is 0 Å². The molecule has 1 N–H and O–H groups in total. The summed E-state index contributed by atoms with van der Waals surface area (Å²) >= 11 is 7.62. The van der Waals surface area contributed by atoms with Crippen LogP contribution in [0.3, 0.4) is 0 Å². The second-order valence-corrected chi connectivity index (χ2v) is 8.04. The van der Waals surface area contributed by atoms with Gasteiger partial charge in [-0.15, -0.1) is 0 Å². The van der Waals surface area contributed by atoms with Crippen LogP contribution < -0.4 is 10.2 Å². The number of anilines is 1. The van der Waals surface area contributed by atoms with E-state index in [0.29, 0.717) is 16.8 Å². The van der Waals surface area contributed by atoms with Crippen LogP contribution in [-0.4, -0.2) is 17.8 Å². The molecule has 1 heterocycles. The van der Waals surface area contributed by atoms with E-state index in [4.69, 9.17) is 21.3 Å². The molecule has 154 valence electrons. The van der Waals surface area contributed by atoms with Crippen LogP contribution in [0.15, 0.2) is 96.6 Å². The molecule has 31 heavy (non-hydrogen) atoms. The molecule has 0 aliphatic heterocycles. The number of hydrogen-bond donors (Lipinski definition) is 1. The Kier molecular flexibility index (Phi) is 6.77. The van der Waals surface area contributed by atoms with Crippen molar-refractivity contribution in [2.75, 3.05) is 12.0 Å². The number of aromatic nitrogens is 1.